The van der Waals surface area contributed by atoms with Gasteiger partial charge in [-0.3, -0.25) is 14.8 Å². The zero-order valence-corrected chi connectivity index (χ0v) is 14.4. The fourth-order valence-electron chi connectivity index (χ4n) is 2.51. The Kier molecular flexibility index (Phi) is 6.15. The molecule has 0 saturated heterocycles. The van der Waals surface area contributed by atoms with Gasteiger partial charge in [0.1, 0.15) is 5.75 Å². The molecule has 0 aromatic carbocycles. The van der Waals surface area contributed by atoms with Gasteiger partial charge in [-0.1, -0.05) is 5.22 Å². The third-order valence-corrected chi connectivity index (χ3v) is 3.91. The summed E-state index contributed by atoms with van der Waals surface area (Å²) in [6.45, 7) is 2.33. The van der Waals surface area contributed by atoms with Crippen LogP contribution in [0.15, 0.2) is 46.5 Å². The summed E-state index contributed by atoms with van der Waals surface area (Å²) in [5, 5.41) is 18.5. The highest BCUT2D eigenvalue weighted by Gasteiger charge is 2.10. The number of carboxylic acid groups (broad SMARTS) is 1. The van der Waals surface area contributed by atoms with Crippen molar-refractivity contribution in [3.05, 3.63) is 41.9 Å². The summed E-state index contributed by atoms with van der Waals surface area (Å²) in [5.41, 5.74) is 8.81. The van der Waals surface area contributed by atoms with Gasteiger partial charge in [0, 0.05) is 13.1 Å². The van der Waals surface area contributed by atoms with Crippen LogP contribution >= 0.6 is 0 Å². The number of aromatic nitrogens is 1. The van der Waals surface area contributed by atoms with Gasteiger partial charge in [0.05, 0.1) is 42.9 Å². The molecule has 2 aliphatic rings. The Balaban J connectivity index is 1.34. The second-order valence-corrected chi connectivity index (χ2v) is 5.90. The number of rotatable bonds is 9. The van der Waals surface area contributed by atoms with E-state index in [9.17, 15) is 4.79 Å². The maximum absolute atomic E-state index is 10.5. The Bertz CT molecular complexity index is 714. The molecule has 0 amide bonds. The first-order valence-electron chi connectivity index (χ1n) is 8.56. The summed E-state index contributed by atoms with van der Waals surface area (Å²) in [4.78, 5) is 14.9. The lowest BCUT2D eigenvalue weighted by atomic mass is 10.2. The van der Waals surface area contributed by atoms with Crippen LogP contribution in [0.4, 0.5) is 0 Å². The molecule has 3 heterocycles. The topological polar surface area (TPSA) is 111 Å². The lowest BCUT2D eigenvalue weighted by Gasteiger charge is -2.18. The first-order valence-corrected chi connectivity index (χ1v) is 8.56. The normalized spacial score (nSPS) is 16.1. The summed E-state index contributed by atoms with van der Waals surface area (Å²) in [7, 11) is 0. The molecule has 0 unspecified atom stereocenters. The fraction of sp³-hybridized carbons (Fsp3) is 0.412. The molecular weight excluding hydrogens is 336 g/mol. The number of carbonyl (C=O) groups is 1. The molecule has 0 atom stereocenters. The first-order chi connectivity index (χ1) is 12.7. The van der Waals surface area contributed by atoms with Crippen molar-refractivity contribution in [2.24, 2.45) is 10.3 Å². The molecule has 0 fully saturated rings. The number of nitrogens with zero attached hydrogens (tertiary/aromatic N) is 4. The van der Waals surface area contributed by atoms with E-state index in [4.69, 9.17) is 9.84 Å². The van der Waals surface area contributed by atoms with E-state index in [1.807, 2.05) is 24.3 Å². The highest BCUT2D eigenvalue weighted by atomic mass is 16.5. The fourth-order valence-corrected chi connectivity index (χ4v) is 2.51. The number of ether oxygens (including phenoxy) is 1. The van der Waals surface area contributed by atoms with Crippen LogP contribution in [0.1, 0.15) is 25.0 Å². The van der Waals surface area contributed by atoms with Crippen molar-refractivity contribution in [3.8, 4) is 5.75 Å². The van der Waals surface area contributed by atoms with E-state index in [0.717, 1.165) is 42.2 Å². The smallest absolute Gasteiger partial charge is 0.305 e. The van der Waals surface area contributed by atoms with Crippen LogP contribution in [0.5, 0.6) is 5.75 Å². The van der Waals surface area contributed by atoms with Crippen LogP contribution in [-0.2, 0) is 4.79 Å². The highest BCUT2D eigenvalue weighted by molar-refractivity contribution is 5.66. The van der Waals surface area contributed by atoms with Crippen LogP contribution in [-0.4, -0.2) is 47.3 Å². The minimum absolute atomic E-state index is 0.0622. The molecule has 0 aliphatic carbocycles. The maximum atomic E-state index is 10.5. The van der Waals surface area contributed by atoms with Gasteiger partial charge in [0.2, 0.25) is 0 Å². The molecule has 0 saturated carbocycles. The van der Waals surface area contributed by atoms with Crippen molar-refractivity contribution in [1.82, 2.24) is 20.8 Å². The summed E-state index contributed by atoms with van der Waals surface area (Å²) < 4.78 is 5.71. The van der Waals surface area contributed by atoms with Gasteiger partial charge < -0.3 is 15.3 Å². The predicted molar refractivity (Wildman–Crippen MR) is 94.8 cm³/mol. The lowest BCUT2D eigenvalue weighted by molar-refractivity contribution is -0.137. The van der Waals surface area contributed by atoms with E-state index in [-0.39, 0.29) is 6.42 Å². The minimum Gasteiger partial charge on any atom is -0.492 e. The van der Waals surface area contributed by atoms with Gasteiger partial charge in [-0.05, 0) is 37.1 Å². The molecule has 2 aliphatic heterocycles. The molecule has 138 valence electrons. The van der Waals surface area contributed by atoms with Crippen molar-refractivity contribution >= 4 is 11.7 Å². The standard InChI is InChI=1S/C17H22N6O3/c24-17(25)7-10-23-9-6-13(20-22-23)2-1-11-26-14-3-4-15(18-12-14)16-5-8-19-21-16/h3-6,12,19,21H,1-2,7-11H2,(H,24,25). The van der Waals surface area contributed by atoms with Gasteiger partial charge in [-0.25, -0.2) is 5.43 Å². The molecule has 3 rings (SSSR count). The Morgan fingerprint density at radius 2 is 2.27 bits per heavy atom. The Labute approximate surface area is 151 Å². The largest absolute Gasteiger partial charge is 0.492 e. The van der Waals surface area contributed by atoms with Crippen LogP contribution in [0.2, 0.25) is 0 Å². The van der Waals surface area contributed by atoms with E-state index in [2.05, 4.69) is 26.2 Å². The molecule has 26 heavy (non-hydrogen) atoms. The second kappa shape index (κ2) is 8.95. The number of allylic oxidation sites excluding steroid dienone is 1. The Morgan fingerprint density at radius 3 is 2.92 bits per heavy atom. The van der Waals surface area contributed by atoms with Crippen LogP contribution < -0.4 is 15.6 Å². The third-order valence-electron chi connectivity index (χ3n) is 3.91. The summed E-state index contributed by atoms with van der Waals surface area (Å²) >= 11 is 0. The lowest BCUT2D eigenvalue weighted by Crippen LogP contribution is -2.23. The molecule has 0 radical (unpaired) electrons. The maximum Gasteiger partial charge on any atom is 0.305 e. The third kappa shape index (κ3) is 5.28. The molecule has 0 spiro atoms. The van der Waals surface area contributed by atoms with E-state index < -0.39 is 5.97 Å². The molecule has 3 N–H and O–H groups in total. The number of hydrogen-bond acceptors (Lipinski definition) is 8. The molecule has 0 bridgehead atoms. The van der Waals surface area contributed by atoms with Crippen LogP contribution in [0.3, 0.4) is 0 Å². The quantitative estimate of drug-likeness (QED) is 0.576. The van der Waals surface area contributed by atoms with Gasteiger partial charge >= 0.3 is 5.97 Å². The molecule has 1 aromatic rings. The average molecular weight is 358 g/mol. The van der Waals surface area contributed by atoms with Gasteiger partial charge in [-0.15, -0.1) is 5.11 Å². The Morgan fingerprint density at radius 1 is 1.35 bits per heavy atom. The van der Waals surface area contributed by atoms with Crippen molar-refractivity contribution in [3.63, 3.8) is 0 Å². The molecule has 9 heteroatoms. The number of nitrogens with one attached hydrogen (secondary N) is 2. The average Bonchev–Trinajstić information content (AvgIpc) is 3.20. The second-order valence-electron chi connectivity index (χ2n) is 5.90. The summed E-state index contributed by atoms with van der Waals surface area (Å²) in [5.74, 6) is -0.0954. The number of carboxylic acids is 1. The Hall–Kier alpha value is -2.94. The van der Waals surface area contributed by atoms with Crippen molar-refractivity contribution in [2.75, 3.05) is 26.2 Å². The van der Waals surface area contributed by atoms with Crippen LogP contribution in [0.25, 0.3) is 5.70 Å². The first kappa shape index (κ1) is 17.9. The van der Waals surface area contributed by atoms with E-state index in [1.165, 1.54) is 0 Å². The monoisotopic (exact) mass is 358 g/mol. The molecular formula is C17H22N6O3. The number of hydrogen-bond donors (Lipinski definition) is 3. The predicted octanol–water partition coefficient (Wildman–Crippen LogP) is 1.73. The van der Waals surface area contributed by atoms with Crippen molar-refractivity contribution in [1.29, 1.82) is 0 Å². The number of aliphatic carboxylic acids is 1. The highest BCUT2D eigenvalue weighted by Crippen LogP contribution is 2.17. The SMILES string of the molecule is O=C(O)CCN1CC=C(CCCOc2ccc(C3=CCNN3)nc2)N=N1. The van der Waals surface area contributed by atoms with Gasteiger partial charge in [-0.2, -0.15) is 0 Å². The van der Waals surface area contributed by atoms with Crippen molar-refractivity contribution in [2.45, 2.75) is 19.3 Å². The summed E-state index contributed by atoms with van der Waals surface area (Å²) in [6, 6.07) is 3.83. The zero-order chi connectivity index (χ0) is 18.2. The van der Waals surface area contributed by atoms with E-state index in [0.29, 0.717) is 19.7 Å². The summed E-state index contributed by atoms with van der Waals surface area (Å²) in [6.07, 6.45) is 7.38. The van der Waals surface area contributed by atoms with Gasteiger partial charge in [0.15, 0.2) is 0 Å². The number of pyridine rings is 1. The van der Waals surface area contributed by atoms with Crippen molar-refractivity contribution < 1.29 is 14.6 Å². The molecule has 1 aromatic heterocycles. The van der Waals surface area contributed by atoms with E-state index >= 15 is 0 Å². The zero-order valence-electron chi connectivity index (χ0n) is 14.4. The minimum atomic E-state index is -0.831. The van der Waals surface area contributed by atoms with E-state index in [1.54, 1.807) is 11.2 Å². The number of hydrazine groups is 1. The van der Waals surface area contributed by atoms with Crippen LogP contribution in [0, 0.1) is 0 Å². The molecule has 9 nitrogen and oxygen atoms in total. The van der Waals surface area contributed by atoms with Gasteiger partial charge in [0.25, 0.3) is 0 Å².